The molecule has 0 saturated carbocycles. The first-order chi connectivity index (χ1) is 25.3. The van der Waals surface area contributed by atoms with E-state index in [0.717, 1.165) is 6.54 Å². The number of aromatic nitrogens is 2. The Morgan fingerprint density at radius 1 is 0.392 bits per heavy atom. The zero-order valence-corrected chi connectivity index (χ0v) is 34.8. The van der Waals surface area contributed by atoms with Gasteiger partial charge in [0.15, 0.2) is 0 Å². The van der Waals surface area contributed by atoms with Crippen molar-refractivity contribution in [2.24, 2.45) is 0 Å². The first-order valence-corrected chi connectivity index (χ1v) is 23.5. The summed E-state index contributed by atoms with van der Waals surface area (Å²) in [6.45, 7) is 6.98. The zero-order valence-electron chi connectivity index (χ0n) is 34.8. The van der Waals surface area contributed by atoms with Crippen LogP contribution in [0.2, 0.25) is 0 Å². The molecular formula is C49H89N2+. The molecule has 0 radical (unpaired) electrons. The van der Waals surface area contributed by atoms with Gasteiger partial charge in [-0.05, 0) is 37.7 Å². The lowest BCUT2D eigenvalue weighted by Crippen LogP contribution is -2.37. The van der Waals surface area contributed by atoms with Crippen molar-refractivity contribution in [1.82, 2.24) is 4.57 Å². The molecule has 0 amide bonds. The standard InChI is InChI=1S/C49H89N2/c1-3-5-7-9-11-13-15-17-19-21-23-25-27-29-31-33-38-44-50-46-47-51(45-39-42-48-40-35-34-36-41-48)49(50)43-37-32-30-28-26-24-22-20-18-16-14-12-10-8-6-4-2/h34-36,40-41,46-47H,3-33,37-39,42-45H2,1-2H3/q+1. The Labute approximate surface area is 320 Å². The normalized spacial score (nSPS) is 11.6. The molecule has 0 saturated heterocycles. The minimum Gasteiger partial charge on any atom is -0.234 e. The molecule has 0 aliphatic rings. The molecule has 0 bridgehead atoms. The highest BCUT2D eigenvalue weighted by molar-refractivity contribution is 5.14. The molecule has 0 fully saturated rings. The van der Waals surface area contributed by atoms with Crippen LogP contribution >= 0.6 is 0 Å². The average molecular weight is 706 g/mol. The minimum absolute atomic E-state index is 1.15. The van der Waals surface area contributed by atoms with E-state index in [4.69, 9.17) is 0 Å². The van der Waals surface area contributed by atoms with Gasteiger partial charge in [-0.3, -0.25) is 0 Å². The molecule has 0 unspecified atom stereocenters. The molecule has 2 rings (SSSR count). The van der Waals surface area contributed by atoms with Crippen LogP contribution in [-0.2, 0) is 25.9 Å². The van der Waals surface area contributed by atoms with Crippen molar-refractivity contribution in [3.05, 3.63) is 54.1 Å². The molecule has 294 valence electrons. The van der Waals surface area contributed by atoms with Crippen LogP contribution in [0.25, 0.3) is 0 Å². The van der Waals surface area contributed by atoms with Gasteiger partial charge in [-0.25, -0.2) is 9.13 Å². The Kier molecular flexibility index (Phi) is 31.7. The van der Waals surface area contributed by atoms with Crippen LogP contribution in [0.15, 0.2) is 42.7 Å². The Morgan fingerprint density at radius 3 is 1.18 bits per heavy atom. The van der Waals surface area contributed by atoms with E-state index >= 15 is 0 Å². The van der Waals surface area contributed by atoms with Gasteiger partial charge in [0.2, 0.25) is 0 Å². The van der Waals surface area contributed by atoms with Crippen LogP contribution in [0.5, 0.6) is 0 Å². The highest BCUT2D eigenvalue weighted by atomic mass is 15.1. The number of rotatable bonds is 39. The number of hydrogen-bond acceptors (Lipinski definition) is 0. The van der Waals surface area contributed by atoms with Crippen molar-refractivity contribution in [3.8, 4) is 0 Å². The number of benzene rings is 1. The summed E-state index contributed by atoms with van der Waals surface area (Å²) in [7, 11) is 0. The predicted octanol–water partition coefficient (Wildman–Crippen LogP) is 15.9. The number of hydrogen-bond donors (Lipinski definition) is 0. The highest BCUT2D eigenvalue weighted by Crippen LogP contribution is 2.17. The van der Waals surface area contributed by atoms with Crippen molar-refractivity contribution < 1.29 is 4.57 Å². The molecule has 0 aliphatic carbocycles. The third-order valence-electron chi connectivity index (χ3n) is 11.6. The zero-order chi connectivity index (χ0) is 36.1. The monoisotopic (exact) mass is 706 g/mol. The van der Waals surface area contributed by atoms with Crippen molar-refractivity contribution >= 4 is 0 Å². The van der Waals surface area contributed by atoms with Crippen LogP contribution < -0.4 is 4.57 Å². The fourth-order valence-electron chi connectivity index (χ4n) is 8.13. The molecule has 0 aliphatic heterocycles. The van der Waals surface area contributed by atoms with Crippen molar-refractivity contribution in [2.45, 2.75) is 258 Å². The summed E-state index contributed by atoms with van der Waals surface area (Å²) >= 11 is 0. The van der Waals surface area contributed by atoms with Crippen molar-refractivity contribution in [3.63, 3.8) is 0 Å². The third kappa shape index (κ3) is 26.8. The maximum absolute atomic E-state index is 2.62. The molecule has 0 N–H and O–H groups in total. The van der Waals surface area contributed by atoms with Gasteiger partial charge in [0.1, 0.15) is 12.4 Å². The van der Waals surface area contributed by atoms with Crippen molar-refractivity contribution in [1.29, 1.82) is 0 Å². The van der Waals surface area contributed by atoms with E-state index in [2.05, 4.69) is 65.7 Å². The van der Waals surface area contributed by atoms with Gasteiger partial charge < -0.3 is 0 Å². The van der Waals surface area contributed by atoms with E-state index in [9.17, 15) is 0 Å². The molecule has 2 heteroatoms. The lowest BCUT2D eigenvalue weighted by Gasteiger charge is -2.07. The lowest BCUT2D eigenvalue weighted by atomic mass is 10.0. The Hall–Kier alpha value is -1.57. The largest absolute Gasteiger partial charge is 0.256 e. The summed E-state index contributed by atoms with van der Waals surface area (Å²) in [6, 6.07) is 11.1. The van der Waals surface area contributed by atoms with Gasteiger partial charge in [-0.15, -0.1) is 0 Å². The van der Waals surface area contributed by atoms with Gasteiger partial charge in [-0.1, -0.05) is 237 Å². The van der Waals surface area contributed by atoms with Crippen LogP contribution in [-0.4, -0.2) is 4.57 Å². The predicted molar refractivity (Wildman–Crippen MR) is 227 cm³/mol. The van der Waals surface area contributed by atoms with E-state index < -0.39 is 0 Å². The van der Waals surface area contributed by atoms with E-state index in [1.54, 1.807) is 5.82 Å². The van der Waals surface area contributed by atoms with Crippen LogP contribution in [0.4, 0.5) is 0 Å². The third-order valence-corrected chi connectivity index (χ3v) is 11.6. The van der Waals surface area contributed by atoms with Crippen LogP contribution in [0, 0.1) is 0 Å². The first kappa shape index (κ1) is 45.6. The van der Waals surface area contributed by atoms with Crippen LogP contribution in [0.1, 0.15) is 244 Å². The average Bonchev–Trinajstić information content (AvgIpc) is 3.53. The van der Waals surface area contributed by atoms with Crippen LogP contribution in [0.3, 0.4) is 0 Å². The highest BCUT2D eigenvalue weighted by Gasteiger charge is 2.16. The second-order valence-electron chi connectivity index (χ2n) is 16.4. The molecule has 1 aromatic heterocycles. The maximum atomic E-state index is 2.62. The Bertz CT molecular complexity index is 962. The maximum Gasteiger partial charge on any atom is 0.256 e. The lowest BCUT2D eigenvalue weighted by molar-refractivity contribution is -0.704. The molecule has 0 atom stereocenters. The quantitative estimate of drug-likeness (QED) is 0.0484. The molecule has 0 spiro atoms. The molecule has 2 aromatic rings. The fraction of sp³-hybridized carbons (Fsp3) is 0.816. The van der Waals surface area contributed by atoms with E-state index in [1.165, 1.54) is 243 Å². The SMILES string of the molecule is CCCCCCCCCCCCCCCCCCCn1cc[n+](CCCc2ccccc2)c1CCCCCCCCCCCCCCCCCC. The van der Waals surface area contributed by atoms with E-state index in [-0.39, 0.29) is 0 Å². The summed E-state index contributed by atoms with van der Waals surface area (Å²) in [6.07, 6.45) is 56.0. The summed E-state index contributed by atoms with van der Waals surface area (Å²) < 4.78 is 5.22. The van der Waals surface area contributed by atoms with Gasteiger partial charge in [0, 0.05) is 6.42 Å². The van der Waals surface area contributed by atoms with E-state index in [1.807, 2.05) is 0 Å². The topological polar surface area (TPSA) is 8.81 Å². The molecule has 2 nitrogen and oxygen atoms in total. The number of imidazole rings is 1. The number of nitrogens with zero attached hydrogens (tertiary/aromatic N) is 2. The fourth-order valence-corrected chi connectivity index (χ4v) is 8.13. The smallest absolute Gasteiger partial charge is 0.234 e. The summed E-state index contributed by atoms with van der Waals surface area (Å²) in [5, 5.41) is 0. The van der Waals surface area contributed by atoms with E-state index in [0.29, 0.717) is 0 Å². The molecule has 51 heavy (non-hydrogen) atoms. The number of unbranched alkanes of at least 4 members (excludes halogenated alkanes) is 31. The summed E-state index contributed by atoms with van der Waals surface area (Å²) in [5.41, 5.74) is 1.47. The molecular weight excluding hydrogens is 617 g/mol. The number of aryl methyl sites for hydroxylation is 3. The van der Waals surface area contributed by atoms with Gasteiger partial charge in [0.25, 0.3) is 5.82 Å². The van der Waals surface area contributed by atoms with Gasteiger partial charge >= 0.3 is 0 Å². The second-order valence-corrected chi connectivity index (χ2v) is 16.4. The summed E-state index contributed by atoms with van der Waals surface area (Å²) in [5.74, 6) is 1.59. The van der Waals surface area contributed by atoms with Gasteiger partial charge in [-0.2, -0.15) is 0 Å². The minimum atomic E-state index is 1.15. The Balaban J connectivity index is 1.54. The Morgan fingerprint density at radius 2 is 0.765 bits per heavy atom. The molecule has 1 aromatic carbocycles. The molecule has 1 heterocycles. The van der Waals surface area contributed by atoms with Crippen molar-refractivity contribution in [2.75, 3.05) is 0 Å². The van der Waals surface area contributed by atoms with Gasteiger partial charge in [0.05, 0.1) is 13.1 Å². The summed E-state index contributed by atoms with van der Waals surface area (Å²) in [4.78, 5) is 0. The first-order valence-electron chi connectivity index (χ1n) is 23.5. The second kappa shape index (κ2) is 35.5.